The number of para-hydroxylation sites is 1. The van der Waals surface area contributed by atoms with E-state index in [0.717, 1.165) is 5.75 Å². The molecule has 1 aromatic carbocycles. The van der Waals surface area contributed by atoms with E-state index < -0.39 is 0 Å². The number of rotatable bonds is 4. The molecule has 0 aromatic heterocycles. The van der Waals surface area contributed by atoms with Gasteiger partial charge in [0.2, 0.25) is 0 Å². The van der Waals surface area contributed by atoms with Crippen molar-refractivity contribution in [1.82, 2.24) is 15.8 Å². The Morgan fingerprint density at radius 2 is 2.13 bits per heavy atom. The molecule has 0 aliphatic carbocycles. The van der Waals surface area contributed by atoms with Gasteiger partial charge >= 0.3 is 6.03 Å². The predicted octanol–water partition coefficient (Wildman–Crippen LogP) is 0.553. The van der Waals surface area contributed by atoms with Crippen LogP contribution in [-0.2, 0) is 0 Å². The first kappa shape index (κ1) is 9.79. The molecule has 5 nitrogen and oxygen atoms in total. The van der Waals surface area contributed by atoms with Crippen molar-refractivity contribution in [2.75, 3.05) is 19.8 Å². The molecule has 1 aromatic rings. The molecule has 1 heterocycles. The molecular formula is C10H13N3O2. The van der Waals surface area contributed by atoms with Crippen molar-refractivity contribution in [3.05, 3.63) is 30.3 Å². The standard InChI is InChI=1S/C10H13N3O2/c14-10-12-11-8-13(10)6-7-15-9-4-2-1-3-5-9/h1-5,11H,6-8H2,(H,12,14). The van der Waals surface area contributed by atoms with Crippen LogP contribution in [0.3, 0.4) is 0 Å². The maximum atomic E-state index is 11.1. The van der Waals surface area contributed by atoms with Crippen LogP contribution in [0.1, 0.15) is 0 Å². The molecule has 1 saturated heterocycles. The average molecular weight is 207 g/mol. The smallest absolute Gasteiger partial charge is 0.332 e. The van der Waals surface area contributed by atoms with E-state index >= 15 is 0 Å². The predicted molar refractivity (Wildman–Crippen MR) is 55.2 cm³/mol. The largest absolute Gasteiger partial charge is 0.492 e. The normalized spacial score (nSPS) is 15.2. The van der Waals surface area contributed by atoms with Gasteiger partial charge in [0.25, 0.3) is 0 Å². The Bertz CT molecular complexity index is 329. The maximum absolute atomic E-state index is 11.1. The van der Waals surface area contributed by atoms with Crippen molar-refractivity contribution >= 4 is 6.03 Å². The van der Waals surface area contributed by atoms with Gasteiger partial charge in [0.1, 0.15) is 12.4 Å². The SMILES string of the molecule is O=C1NNCN1CCOc1ccccc1. The van der Waals surface area contributed by atoms with Crippen LogP contribution < -0.4 is 15.6 Å². The number of hydrazine groups is 1. The van der Waals surface area contributed by atoms with Crippen LogP contribution in [0.25, 0.3) is 0 Å². The van der Waals surface area contributed by atoms with E-state index in [0.29, 0.717) is 19.8 Å². The van der Waals surface area contributed by atoms with Gasteiger partial charge in [0.15, 0.2) is 0 Å². The minimum atomic E-state index is -0.105. The zero-order valence-corrected chi connectivity index (χ0v) is 8.27. The van der Waals surface area contributed by atoms with Gasteiger partial charge in [0.05, 0.1) is 13.2 Å². The van der Waals surface area contributed by atoms with E-state index in [1.165, 1.54) is 0 Å². The minimum Gasteiger partial charge on any atom is -0.492 e. The summed E-state index contributed by atoms with van der Waals surface area (Å²) in [6, 6.07) is 9.44. The van der Waals surface area contributed by atoms with E-state index in [1.807, 2.05) is 30.3 Å². The van der Waals surface area contributed by atoms with E-state index in [9.17, 15) is 4.79 Å². The van der Waals surface area contributed by atoms with Gasteiger partial charge in [0, 0.05) is 0 Å². The summed E-state index contributed by atoms with van der Waals surface area (Å²) in [7, 11) is 0. The lowest BCUT2D eigenvalue weighted by Crippen LogP contribution is -2.31. The molecule has 5 heteroatoms. The lowest BCUT2D eigenvalue weighted by atomic mass is 10.3. The molecule has 0 radical (unpaired) electrons. The van der Waals surface area contributed by atoms with Crippen molar-refractivity contribution in [2.24, 2.45) is 0 Å². The van der Waals surface area contributed by atoms with Crippen molar-refractivity contribution in [3.8, 4) is 5.75 Å². The van der Waals surface area contributed by atoms with E-state index in [2.05, 4.69) is 10.9 Å². The Labute approximate surface area is 88.0 Å². The number of amides is 2. The zero-order chi connectivity index (χ0) is 10.5. The second kappa shape index (κ2) is 4.65. The fourth-order valence-electron chi connectivity index (χ4n) is 1.33. The van der Waals surface area contributed by atoms with Crippen LogP contribution in [0.5, 0.6) is 5.75 Å². The number of nitrogens with one attached hydrogen (secondary N) is 2. The quantitative estimate of drug-likeness (QED) is 0.758. The van der Waals surface area contributed by atoms with E-state index in [-0.39, 0.29) is 6.03 Å². The number of urea groups is 1. The van der Waals surface area contributed by atoms with Gasteiger partial charge in [-0.15, -0.1) is 0 Å². The van der Waals surface area contributed by atoms with Crippen LogP contribution in [0.2, 0.25) is 0 Å². The average Bonchev–Trinajstić information content (AvgIpc) is 2.66. The Balaban J connectivity index is 1.73. The van der Waals surface area contributed by atoms with Gasteiger partial charge in [-0.25, -0.2) is 10.2 Å². The first-order chi connectivity index (χ1) is 7.36. The lowest BCUT2D eigenvalue weighted by molar-refractivity contribution is 0.202. The first-order valence-electron chi connectivity index (χ1n) is 4.82. The maximum Gasteiger partial charge on any atom is 0.332 e. The Morgan fingerprint density at radius 1 is 1.33 bits per heavy atom. The molecule has 1 aliphatic heterocycles. The summed E-state index contributed by atoms with van der Waals surface area (Å²) < 4.78 is 5.47. The summed E-state index contributed by atoms with van der Waals surface area (Å²) in [5.41, 5.74) is 5.24. The second-order valence-electron chi connectivity index (χ2n) is 3.19. The monoisotopic (exact) mass is 207 g/mol. The van der Waals surface area contributed by atoms with Crippen LogP contribution >= 0.6 is 0 Å². The molecule has 2 rings (SSSR count). The molecule has 15 heavy (non-hydrogen) atoms. The topological polar surface area (TPSA) is 53.6 Å². The summed E-state index contributed by atoms with van der Waals surface area (Å²) in [6.45, 7) is 1.60. The summed E-state index contributed by atoms with van der Waals surface area (Å²) in [6.07, 6.45) is 0. The molecule has 0 spiro atoms. The molecule has 2 N–H and O–H groups in total. The van der Waals surface area contributed by atoms with Gasteiger partial charge in [-0.05, 0) is 12.1 Å². The molecular weight excluding hydrogens is 194 g/mol. The Kier molecular flexibility index (Phi) is 3.04. The zero-order valence-electron chi connectivity index (χ0n) is 8.27. The summed E-state index contributed by atoms with van der Waals surface area (Å²) in [4.78, 5) is 12.8. The number of hydrogen-bond acceptors (Lipinski definition) is 3. The highest BCUT2D eigenvalue weighted by Crippen LogP contribution is 2.07. The van der Waals surface area contributed by atoms with Crippen molar-refractivity contribution in [2.45, 2.75) is 0 Å². The number of benzene rings is 1. The van der Waals surface area contributed by atoms with Crippen molar-refractivity contribution in [1.29, 1.82) is 0 Å². The van der Waals surface area contributed by atoms with Crippen LogP contribution in [0, 0.1) is 0 Å². The summed E-state index contributed by atoms with van der Waals surface area (Å²) in [5, 5.41) is 0. The molecule has 80 valence electrons. The third kappa shape index (κ3) is 2.60. The molecule has 0 saturated carbocycles. The molecule has 1 fully saturated rings. The highest BCUT2D eigenvalue weighted by molar-refractivity contribution is 5.75. The minimum absolute atomic E-state index is 0.105. The molecule has 0 atom stereocenters. The summed E-state index contributed by atoms with van der Waals surface area (Å²) in [5.74, 6) is 0.824. The fourth-order valence-corrected chi connectivity index (χ4v) is 1.33. The van der Waals surface area contributed by atoms with E-state index in [1.54, 1.807) is 4.90 Å². The number of ether oxygens (including phenoxy) is 1. The first-order valence-corrected chi connectivity index (χ1v) is 4.82. The van der Waals surface area contributed by atoms with Crippen molar-refractivity contribution < 1.29 is 9.53 Å². The molecule has 0 unspecified atom stereocenters. The Morgan fingerprint density at radius 3 is 2.80 bits per heavy atom. The number of carbonyl (C=O) groups is 1. The highest BCUT2D eigenvalue weighted by atomic mass is 16.5. The number of nitrogens with zero attached hydrogens (tertiary/aromatic N) is 1. The van der Waals surface area contributed by atoms with Crippen LogP contribution in [0.15, 0.2) is 30.3 Å². The van der Waals surface area contributed by atoms with Gasteiger partial charge in [-0.1, -0.05) is 18.2 Å². The highest BCUT2D eigenvalue weighted by Gasteiger charge is 2.18. The second-order valence-corrected chi connectivity index (χ2v) is 3.19. The molecule has 0 bridgehead atoms. The lowest BCUT2D eigenvalue weighted by Gasteiger charge is -2.13. The molecule has 2 amide bonds. The van der Waals surface area contributed by atoms with E-state index in [4.69, 9.17) is 4.74 Å². The Hall–Kier alpha value is -1.75. The van der Waals surface area contributed by atoms with Gasteiger partial charge in [-0.2, -0.15) is 0 Å². The number of hydrogen-bond donors (Lipinski definition) is 2. The third-order valence-corrected chi connectivity index (χ3v) is 2.13. The van der Waals surface area contributed by atoms with Crippen LogP contribution in [-0.4, -0.2) is 30.8 Å². The van der Waals surface area contributed by atoms with Gasteiger partial charge in [-0.3, -0.25) is 5.43 Å². The molecule has 1 aliphatic rings. The van der Waals surface area contributed by atoms with Gasteiger partial charge < -0.3 is 9.64 Å². The fraction of sp³-hybridized carbons (Fsp3) is 0.300. The summed E-state index contributed by atoms with van der Waals surface area (Å²) >= 11 is 0. The van der Waals surface area contributed by atoms with Crippen LogP contribution in [0.4, 0.5) is 4.79 Å². The van der Waals surface area contributed by atoms with Crippen molar-refractivity contribution in [3.63, 3.8) is 0 Å². The third-order valence-electron chi connectivity index (χ3n) is 2.13. The number of carbonyl (C=O) groups excluding carboxylic acids is 1.